The summed E-state index contributed by atoms with van der Waals surface area (Å²) in [5.74, 6) is 0. The minimum absolute atomic E-state index is 0.0913. The van der Waals surface area contributed by atoms with Crippen molar-refractivity contribution in [2.75, 3.05) is 0 Å². The molecule has 0 amide bonds. The van der Waals surface area contributed by atoms with Gasteiger partial charge in [-0.15, -0.1) is 0 Å². The van der Waals surface area contributed by atoms with E-state index in [0.29, 0.717) is 6.73 Å². The Morgan fingerprint density at radius 2 is 2.18 bits per heavy atom. The number of ether oxygens (including phenoxy) is 1. The van der Waals surface area contributed by atoms with E-state index in [1.807, 2.05) is 33.0 Å². The Kier molecular flexibility index (Phi) is 2.29. The fraction of sp³-hybridized carbons (Fsp3) is 0.625. The molecule has 1 heterocycles. The van der Waals surface area contributed by atoms with Crippen LogP contribution in [0.25, 0.3) is 0 Å². The summed E-state index contributed by atoms with van der Waals surface area (Å²) >= 11 is 0. The predicted octanol–water partition coefficient (Wildman–Crippen LogP) is 1.66. The molecule has 0 aromatic carbocycles. The highest BCUT2D eigenvalue weighted by molar-refractivity contribution is 4.76. The van der Waals surface area contributed by atoms with Crippen LogP contribution in [0.3, 0.4) is 0 Å². The number of nitrogens with zero attached hydrogens (tertiary/aromatic N) is 2. The van der Waals surface area contributed by atoms with Crippen molar-refractivity contribution in [2.24, 2.45) is 0 Å². The van der Waals surface area contributed by atoms with E-state index in [1.54, 1.807) is 10.9 Å². The molecular formula is C8H14N2O. The molecule has 0 radical (unpaired) electrons. The molecule has 0 saturated heterocycles. The lowest BCUT2D eigenvalue weighted by Gasteiger charge is -2.18. The van der Waals surface area contributed by atoms with E-state index in [1.165, 1.54) is 0 Å². The number of hydrogen-bond acceptors (Lipinski definition) is 2. The minimum atomic E-state index is -0.0913. The first-order valence-corrected chi connectivity index (χ1v) is 3.69. The average Bonchev–Trinajstić information content (AvgIpc) is 2.32. The van der Waals surface area contributed by atoms with Crippen LogP contribution in [0, 0.1) is 0 Å². The van der Waals surface area contributed by atoms with Gasteiger partial charge in [0.1, 0.15) is 6.73 Å². The quantitative estimate of drug-likeness (QED) is 0.647. The third-order valence-corrected chi connectivity index (χ3v) is 1.19. The van der Waals surface area contributed by atoms with E-state index in [-0.39, 0.29) is 5.60 Å². The fourth-order valence-corrected chi connectivity index (χ4v) is 0.637. The highest BCUT2D eigenvalue weighted by atomic mass is 16.5. The highest BCUT2D eigenvalue weighted by Gasteiger charge is 2.09. The van der Waals surface area contributed by atoms with Crippen molar-refractivity contribution >= 4 is 0 Å². The van der Waals surface area contributed by atoms with Gasteiger partial charge < -0.3 is 4.74 Å². The molecule has 3 nitrogen and oxygen atoms in total. The third kappa shape index (κ3) is 3.18. The predicted molar refractivity (Wildman–Crippen MR) is 43.1 cm³/mol. The van der Waals surface area contributed by atoms with Crippen molar-refractivity contribution in [3.05, 3.63) is 18.5 Å². The van der Waals surface area contributed by atoms with Crippen molar-refractivity contribution in [1.82, 2.24) is 9.78 Å². The van der Waals surface area contributed by atoms with E-state index < -0.39 is 0 Å². The van der Waals surface area contributed by atoms with E-state index in [9.17, 15) is 0 Å². The maximum atomic E-state index is 5.47. The van der Waals surface area contributed by atoms with Crippen LogP contribution in [0.4, 0.5) is 0 Å². The molecule has 0 aliphatic heterocycles. The molecule has 0 atom stereocenters. The summed E-state index contributed by atoms with van der Waals surface area (Å²) in [4.78, 5) is 0. The van der Waals surface area contributed by atoms with Crippen LogP contribution in [-0.2, 0) is 11.5 Å². The molecule has 3 heteroatoms. The standard InChI is InChI=1S/C8H14N2O/c1-8(2,3)11-7-10-6-4-5-9-10/h4-6H,7H2,1-3H3. The lowest BCUT2D eigenvalue weighted by atomic mass is 10.2. The maximum absolute atomic E-state index is 5.47. The maximum Gasteiger partial charge on any atom is 0.139 e. The minimum Gasteiger partial charge on any atom is -0.354 e. The van der Waals surface area contributed by atoms with Crippen LogP contribution in [-0.4, -0.2) is 15.4 Å². The average molecular weight is 154 g/mol. The van der Waals surface area contributed by atoms with Crippen LogP contribution >= 0.6 is 0 Å². The summed E-state index contributed by atoms with van der Waals surface area (Å²) in [6.07, 6.45) is 3.62. The molecule has 11 heavy (non-hydrogen) atoms. The van der Waals surface area contributed by atoms with Gasteiger partial charge in [-0.2, -0.15) is 5.10 Å². The van der Waals surface area contributed by atoms with Gasteiger partial charge in [0.15, 0.2) is 0 Å². The van der Waals surface area contributed by atoms with Gasteiger partial charge in [-0.1, -0.05) is 0 Å². The van der Waals surface area contributed by atoms with Gasteiger partial charge in [-0.3, -0.25) is 0 Å². The summed E-state index contributed by atoms with van der Waals surface area (Å²) in [5.41, 5.74) is -0.0913. The first kappa shape index (κ1) is 8.27. The van der Waals surface area contributed by atoms with Gasteiger partial charge in [0.2, 0.25) is 0 Å². The largest absolute Gasteiger partial charge is 0.354 e. The molecule has 0 saturated carbocycles. The summed E-state index contributed by atoms with van der Waals surface area (Å²) < 4.78 is 7.23. The fourth-order valence-electron chi connectivity index (χ4n) is 0.637. The Bertz CT molecular complexity index is 198. The molecule has 0 unspecified atom stereocenters. The monoisotopic (exact) mass is 154 g/mol. The van der Waals surface area contributed by atoms with Crippen molar-refractivity contribution in [3.63, 3.8) is 0 Å². The van der Waals surface area contributed by atoms with Gasteiger partial charge in [0, 0.05) is 12.4 Å². The lowest BCUT2D eigenvalue weighted by molar-refractivity contribution is -0.0479. The van der Waals surface area contributed by atoms with Crippen molar-refractivity contribution < 1.29 is 4.74 Å². The summed E-state index contributed by atoms with van der Waals surface area (Å²) in [6.45, 7) is 6.60. The van der Waals surface area contributed by atoms with Crippen LogP contribution in [0.1, 0.15) is 20.8 Å². The Morgan fingerprint density at radius 1 is 1.45 bits per heavy atom. The van der Waals surface area contributed by atoms with E-state index in [4.69, 9.17) is 4.74 Å². The van der Waals surface area contributed by atoms with Crippen LogP contribution in [0.15, 0.2) is 18.5 Å². The highest BCUT2D eigenvalue weighted by Crippen LogP contribution is 2.06. The van der Waals surface area contributed by atoms with Crippen molar-refractivity contribution in [3.8, 4) is 0 Å². The smallest absolute Gasteiger partial charge is 0.139 e. The number of rotatable bonds is 2. The van der Waals surface area contributed by atoms with Crippen LogP contribution in [0.5, 0.6) is 0 Å². The Balaban J connectivity index is 2.35. The van der Waals surface area contributed by atoms with Crippen molar-refractivity contribution in [1.29, 1.82) is 0 Å². The second-order valence-electron chi connectivity index (χ2n) is 3.43. The molecule has 62 valence electrons. The molecular weight excluding hydrogens is 140 g/mol. The molecule has 1 aromatic rings. The van der Waals surface area contributed by atoms with Crippen molar-refractivity contribution in [2.45, 2.75) is 33.1 Å². The van der Waals surface area contributed by atoms with E-state index >= 15 is 0 Å². The second-order valence-corrected chi connectivity index (χ2v) is 3.43. The molecule has 1 aromatic heterocycles. The van der Waals surface area contributed by atoms with Gasteiger partial charge >= 0.3 is 0 Å². The van der Waals surface area contributed by atoms with Gasteiger partial charge in [-0.05, 0) is 26.8 Å². The zero-order chi connectivity index (χ0) is 8.32. The SMILES string of the molecule is CC(C)(C)OCn1cccn1. The first-order chi connectivity index (χ1) is 5.08. The van der Waals surface area contributed by atoms with Crippen LogP contribution < -0.4 is 0 Å². The summed E-state index contributed by atoms with van der Waals surface area (Å²) in [6, 6.07) is 1.88. The molecule has 1 rings (SSSR count). The van der Waals surface area contributed by atoms with E-state index in [2.05, 4.69) is 5.10 Å². The Morgan fingerprint density at radius 3 is 2.64 bits per heavy atom. The van der Waals surface area contributed by atoms with Gasteiger partial charge in [-0.25, -0.2) is 4.68 Å². The Hall–Kier alpha value is -0.830. The topological polar surface area (TPSA) is 27.1 Å². The first-order valence-electron chi connectivity index (χ1n) is 3.69. The number of hydrogen-bond donors (Lipinski definition) is 0. The molecule has 0 spiro atoms. The van der Waals surface area contributed by atoms with Crippen LogP contribution in [0.2, 0.25) is 0 Å². The third-order valence-electron chi connectivity index (χ3n) is 1.19. The second kappa shape index (κ2) is 3.05. The molecule has 0 aliphatic rings. The molecule has 0 aliphatic carbocycles. The summed E-state index contributed by atoms with van der Waals surface area (Å²) in [5, 5.41) is 4.01. The zero-order valence-corrected chi connectivity index (χ0v) is 7.24. The molecule has 0 bridgehead atoms. The van der Waals surface area contributed by atoms with Gasteiger partial charge in [0.05, 0.1) is 5.60 Å². The van der Waals surface area contributed by atoms with Gasteiger partial charge in [0.25, 0.3) is 0 Å². The normalized spacial score (nSPS) is 11.9. The lowest BCUT2D eigenvalue weighted by Crippen LogP contribution is -2.21. The Labute approximate surface area is 67.0 Å². The zero-order valence-electron chi connectivity index (χ0n) is 7.24. The molecule has 0 N–H and O–H groups in total. The molecule has 0 fully saturated rings. The number of aromatic nitrogens is 2. The summed E-state index contributed by atoms with van der Waals surface area (Å²) in [7, 11) is 0. The van der Waals surface area contributed by atoms with E-state index in [0.717, 1.165) is 0 Å².